The summed E-state index contributed by atoms with van der Waals surface area (Å²) in [6.07, 6.45) is 0. The van der Waals surface area contributed by atoms with E-state index in [-0.39, 0.29) is 21.9 Å². The van der Waals surface area contributed by atoms with Crippen LogP contribution in [0.15, 0.2) is 71.6 Å². The number of amides is 1. The zero-order valence-corrected chi connectivity index (χ0v) is 17.0. The summed E-state index contributed by atoms with van der Waals surface area (Å²) in [5, 5.41) is 2.62. The van der Waals surface area contributed by atoms with Gasteiger partial charge in [-0.3, -0.25) is 9.52 Å². The standard InChI is InChI=1S/C21H19FN2O5S/c1-28-19-11-10-18(13-20(19)29-2)30(26,27)24-17-5-3-4-14(12-17)21(25)23-16-8-6-15(22)7-9-16/h3-13,24H,1-2H3,(H,23,25). The van der Waals surface area contributed by atoms with Crippen LogP contribution in [0.25, 0.3) is 0 Å². The molecule has 0 saturated carbocycles. The first-order valence-electron chi connectivity index (χ1n) is 8.74. The second-order valence-electron chi connectivity index (χ2n) is 6.16. The normalized spacial score (nSPS) is 10.9. The lowest BCUT2D eigenvalue weighted by molar-refractivity contribution is 0.102. The Bertz CT molecular complexity index is 1160. The number of hydrogen-bond donors (Lipinski definition) is 2. The van der Waals surface area contributed by atoms with Crippen LogP contribution in [0, 0.1) is 5.82 Å². The summed E-state index contributed by atoms with van der Waals surface area (Å²) < 4.78 is 51.1. The Labute approximate surface area is 173 Å². The van der Waals surface area contributed by atoms with Crippen LogP contribution in [0.2, 0.25) is 0 Å². The molecule has 0 heterocycles. The molecule has 0 aliphatic rings. The molecular weight excluding hydrogens is 411 g/mol. The van der Waals surface area contributed by atoms with Gasteiger partial charge >= 0.3 is 0 Å². The fourth-order valence-corrected chi connectivity index (χ4v) is 3.72. The number of methoxy groups -OCH3 is 2. The summed E-state index contributed by atoms with van der Waals surface area (Å²) in [6.45, 7) is 0. The van der Waals surface area contributed by atoms with Gasteiger partial charge in [0.1, 0.15) is 5.82 Å². The number of benzene rings is 3. The lowest BCUT2D eigenvalue weighted by Crippen LogP contribution is -2.15. The van der Waals surface area contributed by atoms with Gasteiger partial charge in [-0.1, -0.05) is 6.07 Å². The molecule has 3 aromatic carbocycles. The van der Waals surface area contributed by atoms with Crippen molar-refractivity contribution in [2.45, 2.75) is 4.90 Å². The molecule has 0 saturated heterocycles. The fourth-order valence-electron chi connectivity index (χ4n) is 2.66. The molecule has 30 heavy (non-hydrogen) atoms. The first-order chi connectivity index (χ1) is 14.3. The van der Waals surface area contributed by atoms with E-state index in [1.165, 1.54) is 74.9 Å². The van der Waals surface area contributed by atoms with Gasteiger partial charge in [0.15, 0.2) is 11.5 Å². The van der Waals surface area contributed by atoms with Gasteiger partial charge in [-0.15, -0.1) is 0 Å². The Morgan fingerprint density at radius 1 is 0.867 bits per heavy atom. The van der Waals surface area contributed by atoms with E-state index in [1.54, 1.807) is 6.07 Å². The monoisotopic (exact) mass is 430 g/mol. The highest BCUT2D eigenvalue weighted by atomic mass is 32.2. The summed E-state index contributed by atoms with van der Waals surface area (Å²) >= 11 is 0. The highest BCUT2D eigenvalue weighted by molar-refractivity contribution is 7.92. The van der Waals surface area contributed by atoms with Crippen LogP contribution < -0.4 is 19.5 Å². The average Bonchev–Trinajstić information content (AvgIpc) is 2.74. The summed E-state index contributed by atoms with van der Waals surface area (Å²) in [4.78, 5) is 12.4. The number of sulfonamides is 1. The molecular formula is C21H19FN2O5S. The number of anilines is 2. The fraction of sp³-hybridized carbons (Fsp3) is 0.0952. The summed E-state index contributed by atoms with van der Waals surface area (Å²) in [5.74, 6) is -0.211. The smallest absolute Gasteiger partial charge is 0.262 e. The SMILES string of the molecule is COc1ccc(S(=O)(=O)Nc2cccc(C(=O)Nc3ccc(F)cc3)c2)cc1OC. The maximum Gasteiger partial charge on any atom is 0.262 e. The Balaban J connectivity index is 1.80. The highest BCUT2D eigenvalue weighted by Crippen LogP contribution is 2.30. The zero-order valence-electron chi connectivity index (χ0n) is 16.2. The van der Waals surface area contributed by atoms with E-state index in [0.717, 1.165) is 0 Å². The predicted molar refractivity (Wildman–Crippen MR) is 111 cm³/mol. The molecule has 3 aromatic rings. The highest BCUT2D eigenvalue weighted by Gasteiger charge is 2.18. The second-order valence-corrected chi connectivity index (χ2v) is 7.85. The van der Waals surface area contributed by atoms with E-state index in [2.05, 4.69) is 10.0 Å². The van der Waals surface area contributed by atoms with E-state index >= 15 is 0 Å². The summed E-state index contributed by atoms with van der Waals surface area (Å²) in [6, 6.07) is 15.5. The van der Waals surface area contributed by atoms with Crippen molar-refractivity contribution in [3.8, 4) is 11.5 Å². The molecule has 0 aromatic heterocycles. The number of rotatable bonds is 7. The summed E-state index contributed by atoms with van der Waals surface area (Å²) in [7, 11) is -1.08. The molecule has 0 spiro atoms. The molecule has 0 unspecified atom stereocenters. The predicted octanol–water partition coefficient (Wildman–Crippen LogP) is 3.90. The van der Waals surface area contributed by atoms with Gasteiger partial charge in [-0.2, -0.15) is 0 Å². The van der Waals surface area contributed by atoms with Gasteiger partial charge in [-0.05, 0) is 54.6 Å². The maximum absolute atomic E-state index is 13.0. The Hall–Kier alpha value is -3.59. The molecule has 0 fully saturated rings. The number of carbonyl (C=O) groups excluding carboxylic acids is 1. The average molecular weight is 430 g/mol. The van der Waals surface area contributed by atoms with Crippen molar-refractivity contribution in [1.29, 1.82) is 0 Å². The molecule has 1 amide bonds. The van der Waals surface area contributed by atoms with Gasteiger partial charge < -0.3 is 14.8 Å². The molecule has 3 rings (SSSR count). The van der Waals surface area contributed by atoms with Crippen LogP contribution in [0.3, 0.4) is 0 Å². The van der Waals surface area contributed by atoms with Crippen molar-refractivity contribution in [2.24, 2.45) is 0 Å². The topological polar surface area (TPSA) is 93.7 Å². The lowest BCUT2D eigenvalue weighted by atomic mass is 10.2. The van der Waals surface area contributed by atoms with Crippen molar-refractivity contribution in [2.75, 3.05) is 24.3 Å². The number of carbonyl (C=O) groups is 1. The number of nitrogens with one attached hydrogen (secondary N) is 2. The Morgan fingerprint density at radius 3 is 2.23 bits per heavy atom. The molecule has 156 valence electrons. The molecule has 9 heteroatoms. The summed E-state index contributed by atoms with van der Waals surface area (Å²) in [5.41, 5.74) is 0.848. The van der Waals surface area contributed by atoms with Gasteiger partial charge in [0.2, 0.25) is 0 Å². The Morgan fingerprint density at radius 2 is 1.57 bits per heavy atom. The number of ether oxygens (including phenoxy) is 2. The van der Waals surface area contributed by atoms with Crippen molar-refractivity contribution < 1.29 is 27.1 Å². The second kappa shape index (κ2) is 8.83. The van der Waals surface area contributed by atoms with E-state index in [0.29, 0.717) is 11.4 Å². The van der Waals surface area contributed by atoms with Gasteiger partial charge in [0.05, 0.1) is 19.1 Å². The van der Waals surface area contributed by atoms with Crippen LogP contribution in [0.4, 0.5) is 15.8 Å². The third-order valence-electron chi connectivity index (χ3n) is 4.14. The third-order valence-corrected chi connectivity index (χ3v) is 5.52. The molecule has 0 aliphatic heterocycles. The van der Waals surface area contributed by atoms with E-state index in [4.69, 9.17) is 9.47 Å². The van der Waals surface area contributed by atoms with Crippen LogP contribution in [-0.4, -0.2) is 28.5 Å². The first kappa shape index (κ1) is 21.1. The molecule has 0 bridgehead atoms. The maximum atomic E-state index is 13.0. The van der Waals surface area contributed by atoms with Gasteiger partial charge in [-0.25, -0.2) is 12.8 Å². The van der Waals surface area contributed by atoms with Crippen molar-refractivity contribution in [1.82, 2.24) is 0 Å². The van der Waals surface area contributed by atoms with Crippen molar-refractivity contribution >= 4 is 27.3 Å². The lowest BCUT2D eigenvalue weighted by Gasteiger charge is -2.12. The third kappa shape index (κ3) is 4.87. The van der Waals surface area contributed by atoms with Gasteiger partial charge in [0.25, 0.3) is 15.9 Å². The molecule has 7 nitrogen and oxygen atoms in total. The first-order valence-corrected chi connectivity index (χ1v) is 10.2. The number of halogens is 1. The van der Waals surface area contributed by atoms with Crippen molar-refractivity contribution in [3.05, 3.63) is 78.1 Å². The minimum absolute atomic E-state index is 0.0266. The molecule has 2 N–H and O–H groups in total. The molecule has 0 atom stereocenters. The van der Waals surface area contributed by atoms with Crippen molar-refractivity contribution in [3.63, 3.8) is 0 Å². The minimum Gasteiger partial charge on any atom is -0.493 e. The van der Waals surface area contributed by atoms with Crippen LogP contribution in [0.1, 0.15) is 10.4 Å². The molecule has 0 aliphatic carbocycles. The largest absolute Gasteiger partial charge is 0.493 e. The van der Waals surface area contributed by atoms with E-state index in [9.17, 15) is 17.6 Å². The van der Waals surface area contributed by atoms with E-state index < -0.39 is 21.7 Å². The quantitative estimate of drug-likeness (QED) is 0.593. The minimum atomic E-state index is -3.94. The van der Waals surface area contributed by atoms with Crippen LogP contribution in [0.5, 0.6) is 11.5 Å². The van der Waals surface area contributed by atoms with Crippen LogP contribution >= 0.6 is 0 Å². The van der Waals surface area contributed by atoms with Crippen LogP contribution in [-0.2, 0) is 10.0 Å². The zero-order chi connectivity index (χ0) is 21.7. The van der Waals surface area contributed by atoms with E-state index in [1.807, 2.05) is 0 Å². The number of hydrogen-bond acceptors (Lipinski definition) is 5. The molecule has 0 radical (unpaired) electrons. The Kier molecular flexibility index (Phi) is 6.22. The van der Waals surface area contributed by atoms with Gasteiger partial charge in [0, 0.05) is 23.0 Å².